The highest BCUT2D eigenvalue weighted by Gasteiger charge is 2.22. The van der Waals surface area contributed by atoms with E-state index in [1.807, 2.05) is 30.8 Å². The summed E-state index contributed by atoms with van der Waals surface area (Å²) in [6, 6.07) is 1.87. The maximum atomic E-state index is 11.6. The minimum atomic E-state index is -0.450. The molecule has 2 aromatic rings. The molecule has 2 heterocycles. The summed E-state index contributed by atoms with van der Waals surface area (Å²) in [7, 11) is 1.34. The van der Waals surface area contributed by atoms with Crippen molar-refractivity contribution in [2.24, 2.45) is 0 Å². The summed E-state index contributed by atoms with van der Waals surface area (Å²) in [4.78, 5) is 11.6. The first-order valence-corrected chi connectivity index (χ1v) is 6.12. The number of aryl methyl sites for hydroxylation is 2. The second kappa shape index (κ2) is 5.64. The first kappa shape index (κ1) is 13.3. The second-order valence-electron chi connectivity index (χ2n) is 4.46. The number of hydrogen-bond acceptors (Lipinski definition) is 5. The molecular weight excluding hydrogens is 246 g/mol. The van der Waals surface area contributed by atoms with Crippen LogP contribution in [0.15, 0.2) is 18.5 Å². The topological polar surface area (TPSA) is 74.8 Å². The van der Waals surface area contributed by atoms with E-state index in [2.05, 4.69) is 15.4 Å². The molecule has 0 atom stereocenters. The van der Waals surface area contributed by atoms with Gasteiger partial charge in [-0.1, -0.05) is 19.1 Å². The van der Waals surface area contributed by atoms with Gasteiger partial charge in [-0.25, -0.2) is 9.48 Å². The van der Waals surface area contributed by atoms with Crippen molar-refractivity contribution in [3.63, 3.8) is 0 Å². The molecule has 0 saturated carbocycles. The molecule has 0 aromatic carbocycles. The van der Waals surface area contributed by atoms with Crippen LogP contribution in [0.25, 0.3) is 0 Å². The third-order valence-corrected chi connectivity index (χ3v) is 2.80. The summed E-state index contributed by atoms with van der Waals surface area (Å²) in [5, 5.41) is 12.1. The molecule has 0 aliphatic heterocycles. The van der Waals surface area contributed by atoms with Crippen molar-refractivity contribution < 1.29 is 9.53 Å². The molecule has 7 heteroatoms. The summed E-state index contributed by atoms with van der Waals surface area (Å²) >= 11 is 0. The molecule has 2 aromatic heterocycles. The van der Waals surface area contributed by atoms with Crippen LogP contribution >= 0.6 is 0 Å². The third kappa shape index (κ3) is 2.81. The van der Waals surface area contributed by atoms with Crippen LogP contribution in [-0.4, -0.2) is 37.9 Å². The van der Waals surface area contributed by atoms with Gasteiger partial charge in [0.2, 0.25) is 0 Å². The Hall–Kier alpha value is -2.18. The fraction of sp³-hybridized carbons (Fsp3) is 0.500. The number of rotatable bonds is 5. The largest absolute Gasteiger partial charge is 0.464 e. The maximum Gasteiger partial charge on any atom is 0.360 e. The van der Waals surface area contributed by atoms with E-state index in [1.54, 1.807) is 10.9 Å². The molecule has 19 heavy (non-hydrogen) atoms. The monoisotopic (exact) mass is 263 g/mol. The van der Waals surface area contributed by atoms with Gasteiger partial charge < -0.3 is 4.74 Å². The van der Waals surface area contributed by atoms with Crippen LogP contribution in [0.5, 0.6) is 0 Å². The zero-order valence-corrected chi connectivity index (χ0v) is 11.3. The van der Waals surface area contributed by atoms with Crippen molar-refractivity contribution >= 4 is 5.97 Å². The van der Waals surface area contributed by atoms with Crippen LogP contribution in [0.2, 0.25) is 0 Å². The molecule has 7 nitrogen and oxygen atoms in total. The van der Waals surface area contributed by atoms with Crippen molar-refractivity contribution in [1.82, 2.24) is 24.8 Å². The van der Waals surface area contributed by atoms with E-state index < -0.39 is 5.97 Å². The molecule has 0 N–H and O–H groups in total. The van der Waals surface area contributed by atoms with E-state index in [4.69, 9.17) is 4.74 Å². The van der Waals surface area contributed by atoms with Gasteiger partial charge in [-0.2, -0.15) is 5.10 Å². The van der Waals surface area contributed by atoms with Gasteiger partial charge in [0.25, 0.3) is 0 Å². The van der Waals surface area contributed by atoms with Crippen molar-refractivity contribution in [2.75, 3.05) is 7.11 Å². The first-order valence-electron chi connectivity index (χ1n) is 6.12. The molecule has 0 radical (unpaired) electrons. The van der Waals surface area contributed by atoms with Crippen LogP contribution in [0, 0.1) is 0 Å². The van der Waals surface area contributed by atoms with E-state index >= 15 is 0 Å². The van der Waals surface area contributed by atoms with Gasteiger partial charge in [-0.15, -0.1) is 5.10 Å². The Bertz CT molecular complexity index is 544. The van der Waals surface area contributed by atoms with Gasteiger partial charge in [0, 0.05) is 12.4 Å². The highest BCUT2D eigenvalue weighted by Crippen LogP contribution is 2.18. The van der Waals surface area contributed by atoms with Crippen molar-refractivity contribution in [1.29, 1.82) is 0 Å². The molecule has 0 amide bonds. The zero-order valence-electron chi connectivity index (χ0n) is 11.3. The molecule has 0 aliphatic rings. The van der Waals surface area contributed by atoms with Gasteiger partial charge in [-0.05, 0) is 12.0 Å². The summed E-state index contributed by atoms with van der Waals surface area (Å²) in [5.41, 5.74) is 1.08. The second-order valence-corrected chi connectivity index (χ2v) is 4.46. The maximum absolute atomic E-state index is 11.6. The number of esters is 1. The van der Waals surface area contributed by atoms with Crippen LogP contribution in [0.4, 0.5) is 0 Å². The molecule has 0 spiro atoms. The number of ether oxygens (including phenoxy) is 1. The average molecular weight is 263 g/mol. The molecule has 0 bridgehead atoms. The Balaban J connectivity index is 2.20. The molecule has 0 unspecified atom stereocenters. The number of nitrogens with zero attached hydrogens (tertiary/aromatic N) is 5. The zero-order chi connectivity index (χ0) is 13.8. The van der Waals surface area contributed by atoms with Gasteiger partial charge in [0.05, 0.1) is 25.9 Å². The molecule has 0 saturated heterocycles. The lowest BCUT2D eigenvalue weighted by molar-refractivity contribution is 0.0592. The van der Waals surface area contributed by atoms with Crippen LogP contribution in [-0.2, 0) is 17.8 Å². The SMILES string of the molecule is COC(=O)c1nnn(CCn2cccn2)c1C(C)C. The molecule has 102 valence electrons. The highest BCUT2D eigenvalue weighted by molar-refractivity contribution is 5.88. The average Bonchev–Trinajstić information content (AvgIpc) is 3.04. The van der Waals surface area contributed by atoms with Gasteiger partial charge in [0.15, 0.2) is 5.69 Å². The van der Waals surface area contributed by atoms with Crippen LogP contribution < -0.4 is 0 Å². The highest BCUT2D eigenvalue weighted by atomic mass is 16.5. The van der Waals surface area contributed by atoms with Gasteiger partial charge >= 0.3 is 5.97 Å². The van der Waals surface area contributed by atoms with Crippen LogP contribution in [0.1, 0.15) is 35.9 Å². The Kier molecular flexibility index (Phi) is 3.94. The fourth-order valence-corrected chi connectivity index (χ4v) is 1.93. The summed E-state index contributed by atoms with van der Waals surface area (Å²) < 4.78 is 8.26. The van der Waals surface area contributed by atoms with Crippen molar-refractivity contribution in [2.45, 2.75) is 32.9 Å². The van der Waals surface area contributed by atoms with E-state index in [0.29, 0.717) is 13.1 Å². The van der Waals surface area contributed by atoms with E-state index in [9.17, 15) is 4.79 Å². The number of carbonyl (C=O) groups excluding carboxylic acids is 1. The molecule has 2 rings (SSSR count). The Labute approximate surface area is 111 Å². The Morgan fingerprint density at radius 2 is 2.21 bits per heavy atom. The lowest BCUT2D eigenvalue weighted by Gasteiger charge is -2.10. The number of hydrogen-bond donors (Lipinski definition) is 0. The summed E-state index contributed by atoms with van der Waals surface area (Å²) in [5.74, 6) is -0.309. The smallest absolute Gasteiger partial charge is 0.360 e. The standard InChI is InChI=1S/C12H17N5O2/c1-9(2)11-10(12(18)19-3)14-15-17(11)8-7-16-6-4-5-13-16/h4-6,9H,7-8H2,1-3H3. The first-order chi connectivity index (χ1) is 9.13. The third-order valence-electron chi connectivity index (χ3n) is 2.80. The van der Waals surface area contributed by atoms with E-state index in [0.717, 1.165) is 5.69 Å². The normalized spacial score (nSPS) is 10.9. The predicted octanol–water partition coefficient (Wildman–Crippen LogP) is 1.08. The fourth-order valence-electron chi connectivity index (χ4n) is 1.93. The minimum Gasteiger partial charge on any atom is -0.464 e. The van der Waals surface area contributed by atoms with Crippen molar-refractivity contribution in [3.05, 3.63) is 29.8 Å². The summed E-state index contributed by atoms with van der Waals surface area (Å²) in [6.45, 7) is 5.28. The molecular formula is C12H17N5O2. The van der Waals surface area contributed by atoms with Gasteiger partial charge in [0.1, 0.15) is 0 Å². The molecule has 0 aliphatic carbocycles. The Morgan fingerprint density at radius 1 is 1.42 bits per heavy atom. The van der Waals surface area contributed by atoms with Crippen molar-refractivity contribution in [3.8, 4) is 0 Å². The Morgan fingerprint density at radius 3 is 2.79 bits per heavy atom. The lowest BCUT2D eigenvalue weighted by Crippen LogP contribution is -2.14. The molecule has 0 fully saturated rings. The minimum absolute atomic E-state index is 0.140. The summed E-state index contributed by atoms with van der Waals surface area (Å²) in [6.07, 6.45) is 3.61. The lowest BCUT2D eigenvalue weighted by atomic mass is 10.1. The van der Waals surface area contributed by atoms with E-state index in [1.165, 1.54) is 7.11 Å². The number of methoxy groups -OCH3 is 1. The van der Waals surface area contributed by atoms with E-state index in [-0.39, 0.29) is 11.6 Å². The van der Waals surface area contributed by atoms with Gasteiger partial charge in [-0.3, -0.25) is 4.68 Å². The predicted molar refractivity (Wildman–Crippen MR) is 67.7 cm³/mol. The number of aromatic nitrogens is 5. The quantitative estimate of drug-likeness (QED) is 0.755. The van der Waals surface area contributed by atoms with Crippen LogP contribution in [0.3, 0.4) is 0 Å². The number of carbonyl (C=O) groups is 1.